The number of nitrogens with zero attached hydrogens (tertiary/aromatic N) is 4. The summed E-state index contributed by atoms with van der Waals surface area (Å²) in [5.74, 6) is -0.621. The molecule has 1 N–H and O–H groups in total. The van der Waals surface area contributed by atoms with Gasteiger partial charge < -0.3 is 5.11 Å². The minimum atomic E-state index is -0.866. The molecule has 2 aromatic rings. The molecule has 7 heteroatoms. The average molecular weight is 278 g/mol. The molecule has 2 rings (SSSR count). The average Bonchev–Trinajstić information content (AvgIpc) is 2.81. The summed E-state index contributed by atoms with van der Waals surface area (Å²) in [6.07, 6.45) is 6.60. The monoisotopic (exact) mass is 278 g/mol. The molecule has 2 heterocycles. The molecule has 0 aromatic carbocycles. The minimum absolute atomic E-state index is 0.0256. The Morgan fingerprint density at radius 1 is 1.37 bits per heavy atom. The first-order chi connectivity index (χ1) is 9.09. The van der Waals surface area contributed by atoms with E-state index in [2.05, 4.69) is 28.8 Å². The molecule has 0 spiro atoms. The number of carbonyl (C=O) groups is 1. The van der Waals surface area contributed by atoms with Gasteiger partial charge in [-0.25, -0.2) is 15.0 Å². The van der Waals surface area contributed by atoms with Crippen molar-refractivity contribution in [2.45, 2.75) is 24.9 Å². The van der Waals surface area contributed by atoms with Crippen molar-refractivity contribution in [1.82, 2.24) is 19.5 Å². The van der Waals surface area contributed by atoms with Crippen LogP contribution in [0.3, 0.4) is 0 Å². The second-order valence-corrected chi connectivity index (χ2v) is 5.18. The Balaban J connectivity index is 2.42. The van der Waals surface area contributed by atoms with E-state index in [9.17, 15) is 4.79 Å². The Hall–Kier alpha value is -1.89. The third-order valence-corrected chi connectivity index (χ3v) is 3.42. The van der Waals surface area contributed by atoms with E-state index in [4.69, 9.17) is 5.11 Å². The van der Waals surface area contributed by atoms with Crippen molar-refractivity contribution in [2.75, 3.05) is 5.75 Å². The maximum Gasteiger partial charge on any atom is 0.313 e. The lowest BCUT2D eigenvalue weighted by molar-refractivity contribution is -0.133. The smallest absolute Gasteiger partial charge is 0.313 e. The second-order valence-electron chi connectivity index (χ2n) is 4.23. The van der Waals surface area contributed by atoms with E-state index in [1.54, 1.807) is 18.6 Å². The highest BCUT2D eigenvalue weighted by molar-refractivity contribution is 7.99. The quantitative estimate of drug-likeness (QED) is 0.842. The SMILES string of the molecule is CC(C)c1cnc(SCC(=O)O)n1-c1cncnc1. The van der Waals surface area contributed by atoms with Crippen LogP contribution < -0.4 is 0 Å². The van der Waals surface area contributed by atoms with Gasteiger partial charge in [0.05, 0.1) is 30.0 Å². The van der Waals surface area contributed by atoms with Gasteiger partial charge in [0.15, 0.2) is 5.16 Å². The maximum absolute atomic E-state index is 10.7. The number of hydrogen-bond donors (Lipinski definition) is 1. The molecule has 0 saturated heterocycles. The zero-order chi connectivity index (χ0) is 13.8. The Labute approximate surface area is 114 Å². The summed E-state index contributed by atoms with van der Waals surface area (Å²) in [6, 6.07) is 0. The van der Waals surface area contributed by atoms with Crippen LogP contribution in [0.4, 0.5) is 0 Å². The van der Waals surface area contributed by atoms with Crippen LogP contribution in [0.5, 0.6) is 0 Å². The lowest BCUT2D eigenvalue weighted by atomic mass is 10.1. The van der Waals surface area contributed by atoms with E-state index >= 15 is 0 Å². The first kappa shape index (κ1) is 13.5. The number of hydrogen-bond acceptors (Lipinski definition) is 5. The molecular weight excluding hydrogens is 264 g/mol. The summed E-state index contributed by atoms with van der Waals surface area (Å²) in [5.41, 5.74) is 1.79. The third-order valence-electron chi connectivity index (χ3n) is 2.48. The van der Waals surface area contributed by atoms with Gasteiger partial charge in [0, 0.05) is 5.69 Å². The van der Waals surface area contributed by atoms with Crippen molar-refractivity contribution < 1.29 is 9.90 Å². The molecule has 0 aliphatic carbocycles. The summed E-state index contributed by atoms with van der Waals surface area (Å²) in [7, 11) is 0. The lowest BCUT2D eigenvalue weighted by Crippen LogP contribution is -2.06. The molecule has 2 aromatic heterocycles. The van der Waals surface area contributed by atoms with E-state index in [1.165, 1.54) is 18.1 Å². The van der Waals surface area contributed by atoms with Crippen molar-refractivity contribution in [1.29, 1.82) is 0 Å². The number of carboxylic acids is 1. The van der Waals surface area contributed by atoms with Crippen LogP contribution in [0, 0.1) is 0 Å². The first-order valence-electron chi connectivity index (χ1n) is 5.77. The van der Waals surface area contributed by atoms with Crippen LogP contribution in [0.2, 0.25) is 0 Å². The molecule has 0 saturated carbocycles. The largest absolute Gasteiger partial charge is 0.481 e. The van der Waals surface area contributed by atoms with Gasteiger partial charge >= 0.3 is 5.97 Å². The van der Waals surface area contributed by atoms with E-state index < -0.39 is 5.97 Å². The molecule has 0 unspecified atom stereocenters. The summed E-state index contributed by atoms with van der Waals surface area (Å²) in [6.45, 7) is 4.12. The zero-order valence-electron chi connectivity index (χ0n) is 10.6. The highest BCUT2D eigenvalue weighted by atomic mass is 32.2. The van der Waals surface area contributed by atoms with E-state index in [1.807, 2.05) is 4.57 Å². The normalized spacial score (nSPS) is 10.9. The van der Waals surface area contributed by atoms with Gasteiger partial charge in [-0.1, -0.05) is 25.6 Å². The predicted molar refractivity (Wildman–Crippen MR) is 71.6 cm³/mol. The van der Waals surface area contributed by atoms with Gasteiger partial charge in [-0.3, -0.25) is 9.36 Å². The third kappa shape index (κ3) is 3.11. The number of carboxylic acid groups (broad SMARTS) is 1. The van der Waals surface area contributed by atoms with Crippen molar-refractivity contribution in [3.8, 4) is 5.69 Å². The molecule has 0 bridgehead atoms. The summed E-state index contributed by atoms with van der Waals surface area (Å²) < 4.78 is 1.90. The Bertz CT molecular complexity index is 568. The topological polar surface area (TPSA) is 80.9 Å². The molecule has 6 nitrogen and oxygen atoms in total. The molecule has 100 valence electrons. The van der Waals surface area contributed by atoms with Gasteiger partial charge in [-0.05, 0) is 5.92 Å². The fourth-order valence-electron chi connectivity index (χ4n) is 1.65. The van der Waals surface area contributed by atoms with Crippen LogP contribution in [0.25, 0.3) is 5.69 Å². The predicted octanol–water partition coefficient (Wildman–Crippen LogP) is 1.96. The molecule has 0 aliphatic heterocycles. The molecule has 0 atom stereocenters. The molecular formula is C12H14N4O2S. The van der Waals surface area contributed by atoms with Crippen LogP contribution in [-0.4, -0.2) is 36.3 Å². The summed E-state index contributed by atoms with van der Waals surface area (Å²) in [5, 5.41) is 9.41. The van der Waals surface area contributed by atoms with E-state index in [-0.39, 0.29) is 11.7 Å². The Morgan fingerprint density at radius 3 is 2.63 bits per heavy atom. The van der Waals surface area contributed by atoms with E-state index in [0.29, 0.717) is 5.16 Å². The zero-order valence-corrected chi connectivity index (χ0v) is 11.5. The van der Waals surface area contributed by atoms with Crippen molar-refractivity contribution >= 4 is 17.7 Å². The van der Waals surface area contributed by atoms with Gasteiger partial charge in [-0.15, -0.1) is 0 Å². The summed E-state index contributed by atoms with van der Waals surface area (Å²) in [4.78, 5) is 23.0. The lowest BCUT2D eigenvalue weighted by Gasteiger charge is -2.12. The van der Waals surface area contributed by atoms with Crippen molar-refractivity contribution in [2.24, 2.45) is 0 Å². The Kier molecular flexibility index (Phi) is 4.16. The maximum atomic E-state index is 10.7. The van der Waals surface area contributed by atoms with Crippen molar-refractivity contribution in [3.05, 3.63) is 30.6 Å². The number of imidazole rings is 1. The number of aliphatic carboxylic acids is 1. The van der Waals surface area contributed by atoms with Crippen LogP contribution in [-0.2, 0) is 4.79 Å². The van der Waals surface area contributed by atoms with Crippen LogP contribution >= 0.6 is 11.8 Å². The van der Waals surface area contributed by atoms with Crippen LogP contribution in [0.1, 0.15) is 25.5 Å². The fourth-order valence-corrected chi connectivity index (χ4v) is 2.37. The number of aromatic nitrogens is 4. The molecule has 0 amide bonds. The molecule has 0 aliphatic rings. The number of thioether (sulfide) groups is 1. The van der Waals surface area contributed by atoms with Crippen molar-refractivity contribution in [3.63, 3.8) is 0 Å². The van der Waals surface area contributed by atoms with Gasteiger partial charge in [-0.2, -0.15) is 0 Å². The molecule has 0 radical (unpaired) electrons. The van der Waals surface area contributed by atoms with E-state index in [0.717, 1.165) is 11.4 Å². The molecule has 0 fully saturated rings. The second kappa shape index (κ2) is 5.83. The van der Waals surface area contributed by atoms with Gasteiger partial charge in [0.1, 0.15) is 6.33 Å². The minimum Gasteiger partial charge on any atom is -0.481 e. The number of rotatable bonds is 5. The Morgan fingerprint density at radius 2 is 2.05 bits per heavy atom. The summed E-state index contributed by atoms with van der Waals surface area (Å²) >= 11 is 1.18. The molecule has 19 heavy (non-hydrogen) atoms. The standard InChI is InChI=1S/C12H14N4O2S/c1-8(2)10-5-15-12(19-6-11(17)18)16(10)9-3-13-7-14-4-9/h3-5,7-8H,6H2,1-2H3,(H,17,18). The highest BCUT2D eigenvalue weighted by Gasteiger charge is 2.16. The van der Waals surface area contributed by atoms with Crippen LogP contribution in [0.15, 0.2) is 30.1 Å². The first-order valence-corrected chi connectivity index (χ1v) is 6.75. The fraction of sp³-hybridized carbons (Fsp3) is 0.333. The van der Waals surface area contributed by atoms with Gasteiger partial charge in [0.2, 0.25) is 0 Å². The van der Waals surface area contributed by atoms with Gasteiger partial charge in [0.25, 0.3) is 0 Å². The highest BCUT2D eigenvalue weighted by Crippen LogP contribution is 2.26.